The molecule has 24 heavy (non-hydrogen) atoms. The molecule has 0 aliphatic heterocycles. The van der Waals surface area contributed by atoms with Gasteiger partial charge in [0.15, 0.2) is 0 Å². The van der Waals surface area contributed by atoms with Gasteiger partial charge in [0, 0.05) is 5.02 Å². The molecule has 0 saturated heterocycles. The van der Waals surface area contributed by atoms with Crippen LogP contribution in [0.2, 0.25) is 5.02 Å². The molecule has 1 N–H and O–H groups in total. The third-order valence-electron chi connectivity index (χ3n) is 3.49. The van der Waals surface area contributed by atoms with Crippen molar-refractivity contribution >= 4 is 27.6 Å². The van der Waals surface area contributed by atoms with Gasteiger partial charge in [-0.2, -0.15) is 17.9 Å². The Hall–Kier alpha value is -1.32. The number of carbonyl (C=O) groups excluding carboxylic acids is 1. The third kappa shape index (κ3) is 4.84. The number of sulfonamides is 1. The molecule has 0 spiro atoms. The number of halogens is 4. The molecule has 1 aromatic rings. The Morgan fingerprint density at radius 3 is 2.42 bits per heavy atom. The van der Waals surface area contributed by atoms with Crippen LogP contribution in [0.25, 0.3) is 0 Å². The number of carbonyl (C=O) groups is 1. The summed E-state index contributed by atoms with van der Waals surface area (Å²) in [6.45, 7) is 3.29. The first kappa shape index (κ1) is 20.7. The first-order valence-electron chi connectivity index (χ1n) is 6.91. The fraction of sp³-hybridized carbons (Fsp3) is 0.500. The predicted octanol–water partition coefficient (Wildman–Crippen LogP) is 3.22. The molecule has 0 amide bonds. The summed E-state index contributed by atoms with van der Waals surface area (Å²) in [5, 5.41) is -0.257. The van der Waals surface area contributed by atoms with Crippen LogP contribution in [0.15, 0.2) is 23.1 Å². The Bertz CT molecular complexity index is 706. The molecule has 0 unspecified atom stereocenters. The Morgan fingerprint density at radius 2 is 1.96 bits per heavy atom. The van der Waals surface area contributed by atoms with E-state index < -0.39 is 44.6 Å². The highest BCUT2D eigenvalue weighted by Gasteiger charge is 2.39. The van der Waals surface area contributed by atoms with E-state index in [2.05, 4.69) is 4.74 Å². The number of methoxy groups -OCH3 is 1. The number of nitrogens with one attached hydrogen (secondary N) is 1. The summed E-state index contributed by atoms with van der Waals surface area (Å²) in [7, 11) is -3.56. The third-order valence-corrected chi connectivity index (χ3v) is 5.22. The molecule has 0 aliphatic carbocycles. The largest absolute Gasteiger partial charge is 0.468 e. The Balaban J connectivity index is 3.37. The molecule has 0 aliphatic rings. The van der Waals surface area contributed by atoms with Crippen LogP contribution in [0.5, 0.6) is 0 Å². The van der Waals surface area contributed by atoms with Crippen molar-refractivity contribution in [3.8, 4) is 0 Å². The van der Waals surface area contributed by atoms with Gasteiger partial charge in [0.2, 0.25) is 10.0 Å². The number of hydrogen-bond acceptors (Lipinski definition) is 4. The Labute approximate surface area is 143 Å². The SMILES string of the molecule is CC[C@@H](C)[C@H](NS(=O)(=O)c1ccc(Cl)cc1C(F)(F)F)C(=O)OC. The fourth-order valence-electron chi connectivity index (χ4n) is 1.95. The van der Waals surface area contributed by atoms with Crippen LogP contribution < -0.4 is 4.72 Å². The molecular formula is C14H17ClF3NO4S. The molecule has 0 aromatic heterocycles. The van der Waals surface area contributed by atoms with E-state index in [-0.39, 0.29) is 5.02 Å². The average molecular weight is 388 g/mol. The number of hydrogen-bond donors (Lipinski definition) is 1. The zero-order valence-corrected chi connectivity index (χ0v) is 14.7. The fourth-order valence-corrected chi connectivity index (χ4v) is 3.62. The molecule has 1 aromatic carbocycles. The first-order chi connectivity index (χ1) is 10.9. The van der Waals surface area contributed by atoms with Crippen LogP contribution in [0.1, 0.15) is 25.8 Å². The summed E-state index contributed by atoms with van der Waals surface area (Å²) in [4.78, 5) is 10.8. The molecule has 2 atom stereocenters. The Morgan fingerprint density at radius 1 is 1.38 bits per heavy atom. The minimum atomic E-state index is -4.92. The van der Waals surface area contributed by atoms with Gasteiger partial charge in [-0.1, -0.05) is 31.9 Å². The van der Waals surface area contributed by atoms with Gasteiger partial charge in [0.1, 0.15) is 6.04 Å². The second-order valence-corrected chi connectivity index (χ2v) is 7.26. The number of ether oxygens (including phenoxy) is 1. The normalized spacial score (nSPS) is 15.0. The summed E-state index contributed by atoms with van der Waals surface area (Å²) < 4.78 is 70.6. The van der Waals surface area contributed by atoms with E-state index in [0.717, 1.165) is 19.2 Å². The van der Waals surface area contributed by atoms with Gasteiger partial charge in [0.25, 0.3) is 0 Å². The maximum absolute atomic E-state index is 13.1. The molecule has 0 saturated carbocycles. The highest BCUT2D eigenvalue weighted by Crippen LogP contribution is 2.36. The van der Waals surface area contributed by atoms with Crippen molar-refractivity contribution in [3.05, 3.63) is 28.8 Å². The van der Waals surface area contributed by atoms with Crippen LogP contribution >= 0.6 is 11.6 Å². The molecule has 1 rings (SSSR count). The van der Waals surface area contributed by atoms with E-state index in [1.165, 1.54) is 0 Å². The van der Waals surface area contributed by atoms with E-state index in [0.29, 0.717) is 12.5 Å². The van der Waals surface area contributed by atoms with E-state index in [1.54, 1.807) is 13.8 Å². The summed E-state index contributed by atoms with van der Waals surface area (Å²) in [6, 6.07) is 0.994. The van der Waals surface area contributed by atoms with E-state index in [9.17, 15) is 26.4 Å². The quantitative estimate of drug-likeness (QED) is 0.761. The highest BCUT2D eigenvalue weighted by molar-refractivity contribution is 7.89. The topological polar surface area (TPSA) is 72.5 Å². The lowest BCUT2D eigenvalue weighted by atomic mass is 10.0. The summed E-state index contributed by atoms with van der Waals surface area (Å²) in [6.07, 6.45) is -4.51. The van der Waals surface area contributed by atoms with Crippen LogP contribution in [0.4, 0.5) is 13.2 Å². The second kappa shape index (κ2) is 7.71. The van der Waals surface area contributed by atoms with Gasteiger partial charge in [0.05, 0.1) is 17.6 Å². The monoisotopic (exact) mass is 387 g/mol. The number of esters is 1. The van der Waals surface area contributed by atoms with Gasteiger partial charge < -0.3 is 4.74 Å². The first-order valence-corrected chi connectivity index (χ1v) is 8.77. The lowest BCUT2D eigenvalue weighted by Crippen LogP contribution is -2.45. The highest BCUT2D eigenvalue weighted by atomic mass is 35.5. The number of benzene rings is 1. The molecule has 0 fully saturated rings. The van der Waals surface area contributed by atoms with E-state index in [1.807, 2.05) is 4.72 Å². The summed E-state index contributed by atoms with van der Waals surface area (Å²) in [5.74, 6) is -1.36. The summed E-state index contributed by atoms with van der Waals surface area (Å²) >= 11 is 5.54. The molecule has 0 bridgehead atoms. The maximum Gasteiger partial charge on any atom is 0.417 e. The lowest BCUT2D eigenvalue weighted by Gasteiger charge is -2.23. The van der Waals surface area contributed by atoms with Crippen molar-refractivity contribution < 1.29 is 31.1 Å². The van der Waals surface area contributed by atoms with Gasteiger partial charge >= 0.3 is 12.1 Å². The maximum atomic E-state index is 13.1. The van der Waals surface area contributed by atoms with E-state index in [4.69, 9.17) is 11.6 Å². The minimum Gasteiger partial charge on any atom is -0.468 e. The minimum absolute atomic E-state index is 0.257. The van der Waals surface area contributed by atoms with Crippen LogP contribution in [0.3, 0.4) is 0 Å². The molecule has 5 nitrogen and oxygen atoms in total. The molecule has 0 heterocycles. The van der Waals surface area contributed by atoms with E-state index >= 15 is 0 Å². The van der Waals surface area contributed by atoms with Crippen molar-refractivity contribution in [2.75, 3.05) is 7.11 Å². The Kier molecular flexibility index (Phi) is 6.66. The van der Waals surface area contributed by atoms with Crippen LogP contribution in [0, 0.1) is 5.92 Å². The van der Waals surface area contributed by atoms with Crippen molar-refractivity contribution in [1.82, 2.24) is 4.72 Å². The van der Waals surface area contributed by atoms with Crippen LogP contribution in [-0.2, 0) is 25.7 Å². The van der Waals surface area contributed by atoms with Crippen molar-refractivity contribution in [2.24, 2.45) is 5.92 Å². The predicted molar refractivity (Wildman–Crippen MR) is 82.0 cm³/mol. The molecule has 0 radical (unpaired) electrons. The van der Waals surface area contributed by atoms with Gasteiger partial charge in [-0.3, -0.25) is 4.79 Å². The lowest BCUT2D eigenvalue weighted by molar-refractivity contribution is -0.143. The van der Waals surface area contributed by atoms with Crippen LogP contribution in [-0.4, -0.2) is 27.5 Å². The number of alkyl halides is 3. The zero-order valence-electron chi connectivity index (χ0n) is 13.1. The second-order valence-electron chi connectivity index (χ2n) is 5.15. The van der Waals surface area contributed by atoms with Gasteiger partial charge in [-0.25, -0.2) is 8.42 Å². The van der Waals surface area contributed by atoms with Crippen molar-refractivity contribution in [1.29, 1.82) is 0 Å². The molecule has 136 valence electrons. The zero-order chi connectivity index (χ0) is 18.7. The summed E-state index contributed by atoms with van der Waals surface area (Å²) in [5.41, 5.74) is -1.41. The molecular weight excluding hydrogens is 371 g/mol. The number of rotatable bonds is 6. The van der Waals surface area contributed by atoms with Crippen molar-refractivity contribution in [2.45, 2.75) is 37.4 Å². The van der Waals surface area contributed by atoms with Gasteiger partial charge in [-0.15, -0.1) is 0 Å². The van der Waals surface area contributed by atoms with Crippen molar-refractivity contribution in [3.63, 3.8) is 0 Å². The standard InChI is InChI=1S/C14H17ClF3NO4S/c1-4-8(2)12(13(20)23-3)19-24(21,22)11-6-5-9(15)7-10(11)14(16,17)18/h5-8,12,19H,4H2,1-3H3/t8-,12+/m1/s1. The smallest absolute Gasteiger partial charge is 0.417 e. The molecule has 10 heteroatoms. The average Bonchev–Trinajstić information content (AvgIpc) is 2.50. The van der Waals surface area contributed by atoms with Gasteiger partial charge in [-0.05, 0) is 24.1 Å².